The SMILES string of the molecule is COCC(COC(=O)NCCCCCCOP(C)(=O)O)OC. The Hall–Kier alpha value is -0.660. The lowest BCUT2D eigenvalue weighted by Crippen LogP contribution is -2.31. The highest BCUT2D eigenvalue weighted by Crippen LogP contribution is 2.36. The molecule has 0 saturated heterocycles. The third-order valence-electron chi connectivity index (χ3n) is 2.76. The molecule has 0 rings (SSSR count). The Kier molecular flexibility index (Phi) is 12.5. The zero-order valence-corrected chi connectivity index (χ0v) is 14.5. The van der Waals surface area contributed by atoms with Gasteiger partial charge in [0.05, 0.1) is 13.2 Å². The molecule has 0 saturated carbocycles. The van der Waals surface area contributed by atoms with Gasteiger partial charge in [-0.05, 0) is 12.8 Å². The lowest BCUT2D eigenvalue weighted by Gasteiger charge is -2.14. The first-order chi connectivity index (χ1) is 10.4. The number of alkyl carbamates (subject to hydrolysis) is 1. The minimum atomic E-state index is -3.36. The molecule has 0 aliphatic heterocycles. The van der Waals surface area contributed by atoms with E-state index < -0.39 is 13.7 Å². The monoisotopic (exact) mass is 341 g/mol. The van der Waals surface area contributed by atoms with Gasteiger partial charge in [-0.2, -0.15) is 0 Å². The Morgan fingerprint density at radius 1 is 1.18 bits per heavy atom. The lowest BCUT2D eigenvalue weighted by molar-refractivity contribution is -0.0111. The lowest BCUT2D eigenvalue weighted by atomic mass is 10.2. The van der Waals surface area contributed by atoms with Crippen molar-refractivity contribution in [1.29, 1.82) is 0 Å². The molecule has 0 aromatic heterocycles. The maximum Gasteiger partial charge on any atom is 0.407 e. The first-order valence-electron chi connectivity index (χ1n) is 7.26. The van der Waals surface area contributed by atoms with Gasteiger partial charge in [0.1, 0.15) is 12.7 Å². The Bertz CT molecular complexity index is 334. The summed E-state index contributed by atoms with van der Waals surface area (Å²) in [6.45, 7) is 2.48. The third-order valence-corrected chi connectivity index (χ3v) is 3.42. The van der Waals surface area contributed by atoms with Crippen molar-refractivity contribution >= 4 is 13.7 Å². The van der Waals surface area contributed by atoms with E-state index in [0.717, 1.165) is 25.7 Å². The molecule has 0 fully saturated rings. The van der Waals surface area contributed by atoms with E-state index in [4.69, 9.17) is 23.6 Å². The normalized spacial score (nSPS) is 15.1. The van der Waals surface area contributed by atoms with Crippen LogP contribution < -0.4 is 5.32 Å². The number of hydrogen-bond donors (Lipinski definition) is 2. The number of rotatable bonds is 13. The molecule has 1 amide bonds. The molecule has 0 aromatic carbocycles. The van der Waals surface area contributed by atoms with E-state index in [0.29, 0.717) is 13.2 Å². The van der Waals surface area contributed by atoms with Crippen LogP contribution in [0.15, 0.2) is 0 Å². The maximum atomic E-state index is 11.4. The molecule has 0 aliphatic carbocycles. The van der Waals surface area contributed by atoms with E-state index in [1.54, 1.807) is 7.11 Å². The third kappa shape index (κ3) is 14.3. The van der Waals surface area contributed by atoms with Crippen molar-refractivity contribution in [2.24, 2.45) is 0 Å². The fraction of sp³-hybridized carbons (Fsp3) is 0.923. The smallest absolute Gasteiger partial charge is 0.407 e. The summed E-state index contributed by atoms with van der Waals surface area (Å²) in [5, 5.41) is 2.65. The van der Waals surface area contributed by atoms with Crippen molar-refractivity contribution in [3.05, 3.63) is 0 Å². The van der Waals surface area contributed by atoms with Gasteiger partial charge in [0.15, 0.2) is 0 Å². The fourth-order valence-corrected chi connectivity index (χ4v) is 2.06. The van der Waals surface area contributed by atoms with Crippen LogP contribution in [0.25, 0.3) is 0 Å². The molecule has 0 aliphatic rings. The highest BCUT2D eigenvalue weighted by molar-refractivity contribution is 7.51. The van der Waals surface area contributed by atoms with Crippen LogP contribution in [0, 0.1) is 0 Å². The molecule has 2 N–H and O–H groups in total. The number of hydrogen-bond acceptors (Lipinski definition) is 6. The molecule has 0 spiro atoms. The summed E-state index contributed by atoms with van der Waals surface area (Å²) >= 11 is 0. The molecular weight excluding hydrogens is 313 g/mol. The highest BCUT2D eigenvalue weighted by Gasteiger charge is 2.10. The zero-order valence-electron chi connectivity index (χ0n) is 13.6. The average Bonchev–Trinajstić information content (AvgIpc) is 2.45. The van der Waals surface area contributed by atoms with Crippen molar-refractivity contribution in [2.75, 3.05) is 47.2 Å². The van der Waals surface area contributed by atoms with Gasteiger partial charge >= 0.3 is 13.7 Å². The molecule has 2 atom stereocenters. The van der Waals surface area contributed by atoms with Gasteiger partial charge in [-0.1, -0.05) is 12.8 Å². The molecule has 132 valence electrons. The van der Waals surface area contributed by atoms with Crippen molar-refractivity contribution < 1.29 is 33.0 Å². The van der Waals surface area contributed by atoms with Crippen LogP contribution in [0.5, 0.6) is 0 Å². The van der Waals surface area contributed by atoms with E-state index >= 15 is 0 Å². The molecule has 8 nitrogen and oxygen atoms in total. The molecular formula is C13H28NO7P. The van der Waals surface area contributed by atoms with E-state index in [1.807, 2.05) is 0 Å². The Morgan fingerprint density at radius 2 is 1.86 bits per heavy atom. The number of amides is 1. The largest absolute Gasteiger partial charge is 0.447 e. The zero-order chi connectivity index (χ0) is 16.8. The maximum absolute atomic E-state index is 11.4. The first kappa shape index (κ1) is 21.3. The first-order valence-corrected chi connectivity index (χ1v) is 9.28. The average molecular weight is 341 g/mol. The van der Waals surface area contributed by atoms with Crippen LogP contribution in [0.3, 0.4) is 0 Å². The van der Waals surface area contributed by atoms with Crippen molar-refractivity contribution in [2.45, 2.75) is 31.8 Å². The topological polar surface area (TPSA) is 103 Å². The van der Waals surface area contributed by atoms with Crippen LogP contribution in [0.4, 0.5) is 4.79 Å². The van der Waals surface area contributed by atoms with Gasteiger partial charge in [-0.15, -0.1) is 0 Å². The van der Waals surface area contributed by atoms with Crippen LogP contribution in [-0.4, -0.2) is 64.3 Å². The molecule has 0 heterocycles. The summed E-state index contributed by atoms with van der Waals surface area (Å²) < 4.78 is 30.6. The van der Waals surface area contributed by atoms with Crippen LogP contribution in [0.1, 0.15) is 25.7 Å². The van der Waals surface area contributed by atoms with Gasteiger partial charge in [0, 0.05) is 27.4 Å². The number of carbonyl (C=O) groups is 1. The van der Waals surface area contributed by atoms with E-state index in [2.05, 4.69) is 5.32 Å². The van der Waals surface area contributed by atoms with Gasteiger partial charge in [0.25, 0.3) is 0 Å². The van der Waals surface area contributed by atoms with Gasteiger partial charge < -0.3 is 28.9 Å². The summed E-state index contributed by atoms with van der Waals surface area (Å²) in [6.07, 6.45) is 2.55. The second kappa shape index (κ2) is 12.8. The molecule has 9 heteroatoms. The van der Waals surface area contributed by atoms with Gasteiger partial charge in [-0.25, -0.2) is 4.79 Å². The van der Waals surface area contributed by atoms with Crippen LogP contribution >= 0.6 is 7.60 Å². The van der Waals surface area contributed by atoms with E-state index in [-0.39, 0.29) is 19.3 Å². The van der Waals surface area contributed by atoms with Crippen LogP contribution in [-0.2, 0) is 23.3 Å². The van der Waals surface area contributed by atoms with Crippen LogP contribution in [0.2, 0.25) is 0 Å². The van der Waals surface area contributed by atoms with Crippen molar-refractivity contribution in [1.82, 2.24) is 5.32 Å². The van der Waals surface area contributed by atoms with E-state index in [1.165, 1.54) is 13.8 Å². The Balaban J connectivity index is 3.44. The van der Waals surface area contributed by atoms with Gasteiger partial charge in [-0.3, -0.25) is 4.57 Å². The van der Waals surface area contributed by atoms with Crippen molar-refractivity contribution in [3.63, 3.8) is 0 Å². The summed E-state index contributed by atoms with van der Waals surface area (Å²) in [7, 11) is -0.274. The number of unbranched alkanes of at least 4 members (excludes halogenated alkanes) is 3. The fourth-order valence-electron chi connectivity index (χ4n) is 1.59. The molecule has 22 heavy (non-hydrogen) atoms. The van der Waals surface area contributed by atoms with E-state index in [9.17, 15) is 9.36 Å². The van der Waals surface area contributed by atoms with Crippen molar-refractivity contribution in [3.8, 4) is 0 Å². The quantitative estimate of drug-likeness (QED) is 0.389. The molecule has 2 unspecified atom stereocenters. The second-order valence-corrected chi connectivity index (χ2v) is 6.75. The number of nitrogens with one attached hydrogen (secondary N) is 1. The predicted molar refractivity (Wildman–Crippen MR) is 82.2 cm³/mol. The van der Waals surface area contributed by atoms with Gasteiger partial charge in [0.2, 0.25) is 0 Å². The number of methoxy groups -OCH3 is 2. The minimum Gasteiger partial charge on any atom is -0.447 e. The standard InChI is InChI=1S/C13H28NO7P/c1-18-10-12(19-2)11-20-13(15)14-8-6-4-5-7-9-21-22(3,16)17/h12H,4-11H2,1-3H3,(H,14,15)(H,16,17). The minimum absolute atomic E-state index is 0.145. The molecule has 0 aromatic rings. The second-order valence-electron chi connectivity index (χ2n) is 4.89. The summed E-state index contributed by atoms with van der Waals surface area (Å²) in [4.78, 5) is 20.3. The number of ether oxygens (including phenoxy) is 3. The number of carbonyl (C=O) groups excluding carboxylic acids is 1. The summed E-state index contributed by atoms with van der Waals surface area (Å²) in [6, 6.07) is 0. The molecule has 0 bridgehead atoms. The highest BCUT2D eigenvalue weighted by atomic mass is 31.2. The molecule has 0 radical (unpaired) electrons. The Labute approximate surface area is 132 Å². The summed E-state index contributed by atoms with van der Waals surface area (Å²) in [5.74, 6) is 0. The Morgan fingerprint density at radius 3 is 2.45 bits per heavy atom. The summed E-state index contributed by atoms with van der Waals surface area (Å²) in [5.41, 5.74) is 0. The predicted octanol–water partition coefficient (Wildman–Crippen LogP) is 1.77.